The third kappa shape index (κ3) is 3.24. The molecule has 1 atom stereocenters. The molecule has 3 rings (SSSR count). The molecule has 2 aromatic carbocycles. The highest BCUT2D eigenvalue weighted by molar-refractivity contribution is 9.10. The fraction of sp³-hybridized carbons (Fsp3) is 0.118. The number of carbonyl (C=O) groups is 1. The highest BCUT2D eigenvalue weighted by atomic mass is 79.9. The van der Waals surface area contributed by atoms with Gasteiger partial charge in [0.2, 0.25) is 5.78 Å². The summed E-state index contributed by atoms with van der Waals surface area (Å²) in [4.78, 5) is 15.5. The first-order valence-corrected chi connectivity index (χ1v) is 9.87. The van der Waals surface area contributed by atoms with Crippen LogP contribution in [0.5, 0.6) is 0 Å². The quantitative estimate of drug-likeness (QED) is 0.472. The van der Waals surface area contributed by atoms with E-state index in [4.69, 9.17) is 11.6 Å². The summed E-state index contributed by atoms with van der Waals surface area (Å²) in [6.07, 6.45) is 1.46. The normalized spacial score (nSPS) is 12.5. The van der Waals surface area contributed by atoms with E-state index in [2.05, 4.69) is 20.9 Å². The molecule has 0 aliphatic carbocycles. The first-order valence-electron chi connectivity index (χ1n) is 6.97. The number of hydrogen-bond donors (Lipinski definition) is 1. The molecular formula is C17H12BrClFNO2S. The molecule has 1 N–H and O–H groups in total. The number of carbonyl (C=O) groups excluding carboxylic acids is 1. The number of halogens is 3. The number of H-pyrrole nitrogens is 1. The summed E-state index contributed by atoms with van der Waals surface area (Å²) in [5.41, 5.74) is 1.62. The number of aromatic nitrogens is 1. The van der Waals surface area contributed by atoms with E-state index in [9.17, 15) is 13.7 Å². The smallest absolute Gasteiger partial charge is 0.228 e. The summed E-state index contributed by atoms with van der Waals surface area (Å²) in [6, 6.07) is 9.64. The lowest BCUT2D eigenvalue weighted by molar-refractivity contribution is 0.101. The molecule has 0 spiro atoms. The lowest BCUT2D eigenvalue weighted by Crippen LogP contribution is -2.15. The van der Waals surface area contributed by atoms with Gasteiger partial charge in [0.1, 0.15) is 5.82 Å². The second-order valence-corrected chi connectivity index (χ2v) is 8.00. The van der Waals surface area contributed by atoms with Crippen molar-refractivity contribution in [3.8, 4) is 11.1 Å². The van der Waals surface area contributed by atoms with E-state index in [1.165, 1.54) is 12.3 Å². The minimum absolute atomic E-state index is 0.136. The average Bonchev–Trinajstić information content (AvgIpc) is 2.86. The van der Waals surface area contributed by atoms with Crippen molar-refractivity contribution in [3.05, 3.63) is 57.4 Å². The predicted molar refractivity (Wildman–Crippen MR) is 99.7 cm³/mol. The van der Waals surface area contributed by atoms with Gasteiger partial charge in [0, 0.05) is 26.5 Å². The molecule has 0 amide bonds. The molecule has 1 unspecified atom stereocenters. The molecular weight excluding hydrogens is 417 g/mol. The molecule has 7 heteroatoms. The number of fused-ring (bicyclic) bond motifs is 1. The van der Waals surface area contributed by atoms with Crippen LogP contribution in [-0.4, -0.2) is 27.3 Å². The van der Waals surface area contributed by atoms with Crippen LogP contribution in [-0.2, 0) is 11.2 Å². The summed E-state index contributed by atoms with van der Waals surface area (Å²) in [6.45, 7) is 0. The van der Waals surface area contributed by atoms with Gasteiger partial charge in [-0.1, -0.05) is 29.8 Å². The minimum Gasteiger partial charge on any atom is -0.616 e. The van der Waals surface area contributed by atoms with Crippen molar-refractivity contribution in [2.75, 3.05) is 12.0 Å². The molecule has 124 valence electrons. The monoisotopic (exact) mass is 427 g/mol. The van der Waals surface area contributed by atoms with Crippen LogP contribution in [0.25, 0.3) is 22.0 Å². The Balaban J connectivity index is 2.32. The van der Waals surface area contributed by atoms with Gasteiger partial charge in [0.15, 0.2) is 5.75 Å². The summed E-state index contributed by atoms with van der Waals surface area (Å²) in [5.74, 6) is -0.912. The molecule has 0 saturated heterocycles. The van der Waals surface area contributed by atoms with E-state index in [0.717, 1.165) is 0 Å². The predicted octanol–water partition coefficient (Wildman–Crippen LogP) is 4.95. The zero-order chi connectivity index (χ0) is 17.4. The number of aromatic amines is 1. The molecule has 0 fully saturated rings. The standard InChI is InChI=1S/C17H12BrClFNO2S/c1-24(23)8-15(22)17-16(9-4-2-3-5-13(9)20)10-6-12(19)11(18)7-14(10)21-17/h2-7,21H,8H2,1H3. The van der Waals surface area contributed by atoms with Crippen LogP contribution in [0.1, 0.15) is 10.5 Å². The maximum atomic E-state index is 14.3. The third-order valence-corrected chi connectivity index (χ3v) is 5.46. The van der Waals surface area contributed by atoms with Crippen LogP contribution in [0, 0.1) is 5.82 Å². The van der Waals surface area contributed by atoms with Gasteiger partial charge in [-0.25, -0.2) is 4.39 Å². The van der Waals surface area contributed by atoms with Crippen molar-refractivity contribution in [1.82, 2.24) is 4.98 Å². The minimum atomic E-state index is -1.30. The van der Waals surface area contributed by atoms with Crippen LogP contribution in [0.15, 0.2) is 40.9 Å². The second kappa shape index (κ2) is 6.88. The van der Waals surface area contributed by atoms with Gasteiger partial charge in [-0.3, -0.25) is 4.79 Å². The number of ketones is 1. The Labute approximate surface area is 154 Å². The van der Waals surface area contributed by atoms with Gasteiger partial charge in [0.05, 0.1) is 17.0 Å². The number of hydrogen-bond acceptors (Lipinski definition) is 2. The molecule has 1 heterocycles. The first-order chi connectivity index (χ1) is 11.4. The average molecular weight is 429 g/mol. The summed E-state index contributed by atoms with van der Waals surface area (Å²) in [5, 5.41) is 1.09. The van der Waals surface area contributed by atoms with Gasteiger partial charge >= 0.3 is 0 Å². The number of nitrogens with one attached hydrogen (secondary N) is 1. The number of Topliss-reactive ketones (excluding diaryl/α,β-unsaturated/α-hetero) is 1. The molecule has 24 heavy (non-hydrogen) atoms. The van der Waals surface area contributed by atoms with Gasteiger partial charge in [-0.2, -0.15) is 0 Å². The fourth-order valence-electron chi connectivity index (χ4n) is 2.60. The number of benzene rings is 2. The van der Waals surface area contributed by atoms with Crippen LogP contribution in [0.3, 0.4) is 0 Å². The van der Waals surface area contributed by atoms with Crippen LogP contribution in [0.2, 0.25) is 5.02 Å². The Morgan fingerprint density at radius 3 is 2.75 bits per heavy atom. The Morgan fingerprint density at radius 2 is 2.08 bits per heavy atom. The van der Waals surface area contributed by atoms with E-state index in [-0.39, 0.29) is 17.2 Å². The summed E-state index contributed by atoms with van der Waals surface area (Å²) >= 11 is 8.22. The maximum absolute atomic E-state index is 14.3. The molecule has 0 aliphatic rings. The van der Waals surface area contributed by atoms with Crippen molar-refractivity contribution in [3.63, 3.8) is 0 Å². The Bertz CT molecular complexity index is 942. The lowest BCUT2D eigenvalue weighted by atomic mass is 10.00. The van der Waals surface area contributed by atoms with E-state index in [1.54, 1.807) is 30.3 Å². The van der Waals surface area contributed by atoms with Gasteiger partial charge in [0.25, 0.3) is 0 Å². The molecule has 0 aliphatic heterocycles. The van der Waals surface area contributed by atoms with Crippen molar-refractivity contribution in [2.45, 2.75) is 0 Å². The summed E-state index contributed by atoms with van der Waals surface area (Å²) in [7, 11) is 0. The van der Waals surface area contributed by atoms with Crippen LogP contribution in [0.4, 0.5) is 4.39 Å². The lowest BCUT2D eigenvalue weighted by Gasteiger charge is -2.07. The largest absolute Gasteiger partial charge is 0.616 e. The molecule has 0 saturated carbocycles. The zero-order valence-electron chi connectivity index (χ0n) is 12.5. The highest BCUT2D eigenvalue weighted by Gasteiger charge is 2.24. The highest BCUT2D eigenvalue weighted by Crippen LogP contribution is 2.38. The summed E-state index contributed by atoms with van der Waals surface area (Å²) < 4.78 is 26.4. The van der Waals surface area contributed by atoms with Gasteiger partial charge in [-0.15, -0.1) is 0 Å². The SMILES string of the molecule is C[S+]([O-])CC(=O)c1[nH]c2cc(Br)c(Cl)cc2c1-c1ccccc1F. The van der Waals surface area contributed by atoms with Crippen molar-refractivity contribution >= 4 is 55.4 Å². The Hall–Kier alpha value is -1.34. The molecule has 0 bridgehead atoms. The van der Waals surface area contributed by atoms with E-state index >= 15 is 0 Å². The topological polar surface area (TPSA) is 55.9 Å². The Kier molecular flexibility index (Phi) is 5.01. The molecule has 3 aromatic rings. The van der Waals surface area contributed by atoms with Crippen LogP contribution >= 0.6 is 27.5 Å². The van der Waals surface area contributed by atoms with Crippen molar-refractivity contribution in [1.29, 1.82) is 0 Å². The van der Waals surface area contributed by atoms with E-state index < -0.39 is 17.0 Å². The van der Waals surface area contributed by atoms with Crippen molar-refractivity contribution < 1.29 is 13.7 Å². The third-order valence-electron chi connectivity index (χ3n) is 3.60. The van der Waals surface area contributed by atoms with Gasteiger partial charge < -0.3 is 9.54 Å². The van der Waals surface area contributed by atoms with Crippen molar-refractivity contribution in [2.24, 2.45) is 0 Å². The second-order valence-electron chi connectivity index (χ2n) is 5.31. The first kappa shape index (κ1) is 17.5. The fourth-order valence-corrected chi connectivity index (χ4v) is 3.62. The molecule has 0 radical (unpaired) electrons. The molecule has 3 nitrogen and oxygen atoms in total. The maximum Gasteiger partial charge on any atom is 0.228 e. The zero-order valence-corrected chi connectivity index (χ0v) is 15.7. The molecule has 1 aromatic heterocycles. The van der Waals surface area contributed by atoms with E-state index in [0.29, 0.717) is 31.5 Å². The number of rotatable bonds is 4. The van der Waals surface area contributed by atoms with E-state index in [1.807, 2.05) is 0 Å². The van der Waals surface area contributed by atoms with Gasteiger partial charge in [-0.05, 0) is 45.3 Å². The van der Waals surface area contributed by atoms with Crippen LogP contribution < -0.4 is 0 Å². The Morgan fingerprint density at radius 1 is 1.38 bits per heavy atom.